The van der Waals surface area contributed by atoms with E-state index in [9.17, 15) is 4.79 Å². The number of hydrogen-bond acceptors (Lipinski definition) is 3. The quantitative estimate of drug-likeness (QED) is 0.918. The molecule has 110 valence electrons. The minimum atomic E-state index is 0.186. The summed E-state index contributed by atoms with van der Waals surface area (Å²) in [5.41, 5.74) is 1.90. The van der Waals surface area contributed by atoms with Crippen molar-refractivity contribution in [2.24, 2.45) is 5.92 Å². The summed E-state index contributed by atoms with van der Waals surface area (Å²) < 4.78 is 5.71. The van der Waals surface area contributed by atoms with Crippen LogP contribution in [0.25, 0.3) is 11.5 Å². The first kappa shape index (κ1) is 13.9. The van der Waals surface area contributed by atoms with Crippen LogP contribution in [0.2, 0.25) is 0 Å². The highest BCUT2D eigenvalue weighted by molar-refractivity contribution is 5.79. The van der Waals surface area contributed by atoms with E-state index in [-0.39, 0.29) is 11.8 Å². The summed E-state index contributed by atoms with van der Waals surface area (Å²) >= 11 is 0. The SMILES string of the molecule is Cc1oc(-c2ccccc2)nc1CCNC(=O)C1CCC1. The van der Waals surface area contributed by atoms with Gasteiger partial charge in [-0.05, 0) is 31.9 Å². The molecule has 1 N–H and O–H groups in total. The van der Waals surface area contributed by atoms with E-state index in [4.69, 9.17) is 4.42 Å². The standard InChI is InChI=1S/C17H20N2O2/c1-12-15(10-11-18-16(20)13-8-5-9-13)19-17(21-12)14-6-3-2-4-7-14/h2-4,6-7,13H,5,8-11H2,1H3,(H,18,20). The molecular weight excluding hydrogens is 264 g/mol. The van der Waals surface area contributed by atoms with Crippen LogP contribution >= 0.6 is 0 Å². The molecule has 1 aliphatic carbocycles. The molecule has 1 amide bonds. The summed E-state index contributed by atoms with van der Waals surface area (Å²) in [6, 6.07) is 9.86. The van der Waals surface area contributed by atoms with E-state index in [0.29, 0.717) is 18.9 Å². The third kappa shape index (κ3) is 3.15. The molecule has 0 saturated heterocycles. The van der Waals surface area contributed by atoms with Gasteiger partial charge in [0, 0.05) is 24.4 Å². The first-order valence-electron chi connectivity index (χ1n) is 7.53. The second-order valence-corrected chi connectivity index (χ2v) is 5.56. The zero-order valence-electron chi connectivity index (χ0n) is 12.3. The maximum absolute atomic E-state index is 11.8. The van der Waals surface area contributed by atoms with Gasteiger partial charge in [-0.1, -0.05) is 24.6 Å². The molecule has 1 aromatic carbocycles. The number of aromatic nitrogens is 1. The number of nitrogens with zero attached hydrogens (tertiary/aromatic N) is 1. The van der Waals surface area contributed by atoms with Crippen molar-refractivity contribution in [1.82, 2.24) is 10.3 Å². The van der Waals surface area contributed by atoms with E-state index in [0.717, 1.165) is 29.9 Å². The van der Waals surface area contributed by atoms with Crippen molar-refractivity contribution in [2.45, 2.75) is 32.6 Å². The Hall–Kier alpha value is -2.10. The van der Waals surface area contributed by atoms with Gasteiger partial charge in [0.1, 0.15) is 5.76 Å². The molecule has 0 aliphatic heterocycles. The molecule has 4 nitrogen and oxygen atoms in total. The minimum Gasteiger partial charge on any atom is -0.441 e. The summed E-state index contributed by atoms with van der Waals surface area (Å²) in [5, 5.41) is 2.99. The second-order valence-electron chi connectivity index (χ2n) is 5.56. The molecule has 3 rings (SSSR count). The van der Waals surface area contributed by atoms with Crippen molar-refractivity contribution in [3.05, 3.63) is 41.8 Å². The van der Waals surface area contributed by atoms with Crippen LogP contribution in [0.4, 0.5) is 0 Å². The maximum atomic E-state index is 11.8. The number of carbonyl (C=O) groups is 1. The van der Waals surface area contributed by atoms with Gasteiger partial charge in [0.05, 0.1) is 5.69 Å². The second kappa shape index (κ2) is 6.12. The number of amides is 1. The zero-order chi connectivity index (χ0) is 14.7. The zero-order valence-corrected chi connectivity index (χ0v) is 12.3. The Kier molecular flexibility index (Phi) is 4.04. The molecule has 1 heterocycles. The van der Waals surface area contributed by atoms with E-state index in [1.54, 1.807) is 0 Å². The highest BCUT2D eigenvalue weighted by Gasteiger charge is 2.24. The van der Waals surface area contributed by atoms with Gasteiger partial charge >= 0.3 is 0 Å². The van der Waals surface area contributed by atoms with Gasteiger partial charge in [-0.25, -0.2) is 4.98 Å². The summed E-state index contributed by atoms with van der Waals surface area (Å²) in [6.45, 7) is 2.54. The van der Waals surface area contributed by atoms with Gasteiger partial charge < -0.3 is 9.73 Å². The molecule has 1 aliphatic rings. The van der Waals surface area contributed by atoms with Crippen LogP contribution in [0.3, 0.4) is 0 Å². The van der Waals surface area contributed by atoms with Crippen LogP contribution in [-0.4, -0.2) is 17.4 Å². The fourth-order valence-corrected chi connectivity index (χ4v) is 2.48. The average Bonchev–Trinajstić information content (AvgIpc) is 2.79. The lowest BCUT2D eigenvalue weighted by molar-refractivity contribution is -0.127. The molecule has 0 bridgehead atoms. The molecule has 1 saturated carbocycles. The third-order valence-electron chi connectivity index (χ3n) is 4.05. The molecule has 0 radical (unpaired) electrons. The average molecular weight is 284 g/mol. The van der Waals surface area contributed by atoms with Crippen LogP contribution < -0.4 is 5.32 Å². The van der Waals surface area contributed by atoms with Crippen LogP contribution in [0, 0.1) is 12.8 Å². The van der Waals surface area contributed by atoms with Crippen molar-refractivity contribution in [3.8, 4) is 11.5 Å². The van der Waals surface area contributed by atoms with Gasteiger partial charge in [-0.15, -0.1) is 0 Å². The maximum Gasteiger partial charge on any atom is 0.226 e. The Balaban J connectivity index is 1.58. The summed E-state index contributed by atoms with van der Waals surface area (Å²) in [7, 11) is 0. The smallest absolute Gasteiger partial charge is 0.226 e. The van der Waals surface area contributed by atoms with Crippen LogP contribution in [0.1, 0.15) is 30.7 Å². The predicted octanol–water partition coefficient (Wildman–Crippen LogP) is 3.11. The van der Waals surface area contributed by atoms with Crippen molar-refractivity contribution in [1.29, 1.82) is 0 Å². The topological polar surface area (TPSA) is 55.1 Å². The van der Waals surface area contributed by atoms with Gasteiger partial charge in [0.15, 0.2) is 0 Å². The molecule has 0 unspecified atom stereocenters. The summed E-state index contributed by atoms with van der Waals surface area (Å²) in [4.78, 5) is 16.3. The molecule has 1 fully saturated rings. The van der Waals surface area contributed by atoms with Crippen LogP contribution in [0.15, 0.2) is 34.7 Å². The Morgan fingerprint density at radius 2 is 2.10 bits per heavy atom. The fraction of sp³-hybridized carbons (Fsp3) is 0.412. The van der Waals surface area contributed by atoms with Crippen LogP contribution in [0.5, 0.6) is 0 Å². The van der Waals surface area contributed by atoms with E-state index < -0.39 is 0 Å². The Labute approximate surface area is 124 Å². The third-order valence-corrected chi connectivity index (χ3v) is 4.05. The lowest BCUT2D eigenvalue weighted by Gasteiger charge is -2.23. The van der Waals surface area contributed by atoms with E-state index in [1.807, 2.05) is 37.3 Å². The molecule has 21 heavy (non-hydrogen) atoms. The largest absolute Gasteiger partial charge is 0.441 e. The monoisotopic (exact) mass is 284 g/mol. The lowest BCUT2D eigenvalue weighted by Crippen LogP contribution is -2.35. The number of nitrogens with one attached hydrogen (secondary N) is 1. The number of aryl methyl sites for hydroxylation is 1. The van der Waals surface area contributed by atoms with E-state index in [1.165, 1.54) is 6.42 Å². The van der Waals surface area contributed by atoms with Crippen molar-refractivity contribution < 1.29 is 9.21 Å². The summed E-state index contributed by atoms with van der Waals surface area (Å²) in [6.07, 6.45) is 3.96. The van der Waals surface area contributed by atoms with Crippen molar-refractivity contribution in [2.75, 3.05) is 6.54 Å². The van der Waals surface area contributed by atoms with Gasteiger partial charge in [-0.3, -0.25) is 4.79 Å². The predicted molar refractivity (Wildman–Crippen MR) is 80.7 cm³/mol. The van der Waals surface area contributed by atoms with Gasteiger partial charge in [0.25, 0.3) is 0 Å². The molecule has 4 heteroatoms. The van der Waals surface area contributed by atoms with Gasteiger partial charge in [0.2, 0.25) is 11.8 Å². The van der Waals surface area contributed by atoms with Gasteiger partial charge in [-0.2, -0.15) is 0 Å². The normalized spacial score (nSPS) is 14.7. The molecule has 2 aromatic rings. The minimum absolute atomic E-state index is 0.186. The highest BCUT2D eigenvalue weighted by atomic mass is 16.4. The number of oxazole rings is 1. The highest BCUT2D eigenvalue weighted by Crippen LogP contribution is 2.26. The molecule has 0 atom stereocenters. The van der Waals surface area contributed by atoms with Crippen LogP contribution in [-0.2, 0) is 11.2 Å². The Morgan fingerprint density at radius 1 is 1.33 bits per heavy atom. The molecular formula is C17H20N2O2. The lowest BCUT2D eigenvalue weighted by atomic mass is 9.85. The number of benzene rings is 1. The molecule has 0 spiro atoms. The van der Waals surface area contributed by atoms with E-state index >= 15 is 0 Å². The first-order chi connectivity index (χ1) is 10.2. The molecule has 1 aromatic heterocycles. The Bertz CT molecular complexity index is 615. The number of hydrogen-bond donors (Lipinski definition) is 1. The van der Waals surface area contributed by atoms with E-state index in [2.05, 4.69) is 10.3 Å². The first-order valence-corrected chi connectivity index (χ1v) is 7.53. The van der Waals surface area contributed by atoms with Crippen molar-refractivity contribution >= 4 is 5.91 Å². The fourth-order valence-electron chi connectivity index (χ4n) is 2.48. The number of rotatable bonds is 5. The van der Waals surface area contributed by atoms with Crippen molar-refractivity contribution in [3.63, 3.8) is 0 Å². The number of carbonyl (C=O) groups excluding carboxylic acids is 1. The Morgan fingerprint density at radius 3 is 2.76 bits per heavy atom. The summed E-state index contributed by atoms with van der Waals surface area (Å²) in [5.74, 6) is 1.90.